The lowest BCUT2D eigenvalue weighted by Gasteiger charge is -2.23. The normalized spacial score (nSPS) is 14.1. The zero-order valence-corrected chi connectivity index (χ0v) is 79.8. The molecule has 4 saturated carbocycles. The van der Waals surface area contributed by atoms with Crippen LogP contribution in [0.15, 0.2) is 257 Å². The number of hydrogen-bond acceptors (Lipinski definition) is 36. The van der Waals surface area contributed by atoms with Crippen LogP contribution in [0.5, 0.6) is 0 Å². The van der Waals surface area contributed by atoms with Crippen LogP contribution >= 0.6 is 23.2 Å². The molecule has 12 aromatic heterocycles. The van der Waals surface area contributed by atoms with E-state index in [0.29, 0.717) is 183 Å². The van der Waals surface area contributed by atoms with Gasteiger partial charge in [0.25, 0.3) is 45.8 Å². The fourth-order valence-electron chi connectivity index (χ4n) is 17.0. The van der Waals surface area contributed by atoms with E-state index >= 15 is 0 Å². The van der Waals surface area contributed by atoms with Crippen molar-refractivity contribution in [3.05, 3.63) is 329 Å². The van der Waals surface area contributed by atoms with Crippen LogP contribution in [-0.2, 0) is 0 Å². The van der Waals surface area contributed by atoms with Gasteiger partial charge in [-0.25, -0.2) is 68.6 Å². The van der Waals surface area contributed by atoms with Crippen LogP contribution in [-0.4, -0.2) is 119 Å². The lowest BCUT2D eigenvalue weighted by molar-refractivity contribution is 0.422. The lowest BCUT2D eigenvalue weighted by Crippen LogP contribution is -2.29. The second kappa shape index (κ2) is 40.2. The molecule has 4 fully saturated rings. The van der Waals surface area contributed by atoms with Crippen molar-refractivity contribution in [2.45, 2.75) is 140 Å². The van der Waals surface area contributed by atoms with Crippen LogP contribution in [0.4, 0.5) is 55.3 Å². The zero-order valence-electron chi connectivity index (χ0n) is 78.3. The van der Waals surface area contributed by atoms with Gasteiger partial charge in [0.15, 0.2) is 23.3 Å². The molecule has 732 valence electrons. The minimum Gasteiger partial charge on any atom is -0.383 e. The smallest absolute Gasteiger partial charge is 0.269 e. The topological polar surface area (TPSA) is 551 Å². The molecule has 12 N–H and O–H groups in total. The molecule has 0 aliphatic heterocycles. The highest BCUT2D eigenvalue weighted by atomic mass is 35.5. The zero-order chi connectivity index (χ0) is 101. The highest BCUT2D eigenvalue weighted by Gasteiger charge is 2.37. The van der Waals surface area contributed by atoms with Crippen molar-refractivity contribution in [2.24, 2.45) is 0 Å². The molecule has 146 heavy (non-hydrogen) atoms. The summed E-state index contributed by atoms with van der Waals surface area (Å²) < 4.78 is 57.3. The Morgan fingerprint density at radius 2 is 0.568 bits per heavy atom. The minimum absolute atomic E-state index is 0.0737. The van der Waals surface area contributed by atoms with Crippen LogP contribution in [0.3, 0.4) is 0 Å². The van der Waals surface area contributed by atoms with Crippen LogP contribution in [0.25, 0.3) is 112 Å². The summed E-state index contributed by atoms with van der Waals surface area (Å²) in [5.74, 6) is 7.41. The fourth-order valence-corrected chi connectivity index (χ4v) is 17.5. The van der Waals surface area contributed by atoms with E-state index < -0.39 is 46.9 Å². The molecule has 44 heteroatoms. The van der Waals surface area contributed by atoms with Gasteiger partial charge in [0, 0.05) is 23.7 Å². The molecule has 0 spiro atoms. The van der Waals surface area contributed by atoms with E-state index in [9.17, 15) is 28.0 Å². The number of para-hydroxylation sites is 4. The van der Waals surface area contributed by atoms with Crippen molar-refractivity contribution in [1.82, 2.24) is 119 Å². The number of nitrogens with zero attached hydrogens (tertiary/aromatic N) is 24. The molecule has 0 saturated heterocycles. The second-order valence-electron chi connectivity index (χ2n) is 35.1. The molecule has 20 aromatic rings. The summed E-state index contributed by atoms with van der Waals surface area (Å²) in [4.78, 5) is 126. The van der Waals surface area contributed by atoms with Crippen molar-refractivity contribution in [3.63, 3.8) is 0 Å². The number of benzene rings is 8. The molecule has 4 aliphatic carbocycles. The summed E-state index contributed by atoms with van der Waals surface area (Å²) in [7, 11) is 0. The molecule has 8 aromatic carbocycles. The van der Waals surface area contributed by atoms with Crippen molar-refractivity contribution >= 4 is 113 Å². The van der Waals surface area contributed by atoms with Gasteiger partial charge >= 0.3 is 0 Å². The number of anilines is 8. The predicted molar refractivity (Wildman–Crippen MR) is 544 cm³/mol. The Hall–Kier alpha value is -18.0. The first-order chi connectivity index (χ1) is 71.1. The summed E-state index contributed by atoms with van der Waals surface area (Å²) in [6.07, 6.45) is 14.7. The minimum atomic E-state index is -0.629. The number of aromatic nitrogens is 24. The number of halogens is 4. The van der Waals surface area contributed by atoms with Gasteiger partial charge in [0.2, 0.25) is 0 Å². The van der Waals surface area contributed by atoms with E-state index in [1.54, 1.807) is 94.1 Å². The maximum absolute atomic E-state index is 14.7. The third kappa shape index (κ3) is 19.0. The SMILES string of the molecule is CC[C@H](Nc1ncnc(N)c1-c1nc(C2CC2)no1)c1nc2cccc(Cl)c2c(=O)n1-c1ccccc1.CC[C@H](Nc1ncnc(N)c1-c1nc(C2CC2)no1)c1nc2cccc(F)c2c(=O)n1-c1ccccc1.C[C@H](Nc1ncnc(N)c1-c1nc(C2CC2)no1)c1nc2cccc(Cl)c2c(=O)n1-c1ccccc1.C[C@H](Nc1ncnc(N)c1-c1nc(C2CC2)no1)c1nc2cccc(F)c2c(=O)n1-c1ccccc1. The summed E-state index contributed by atoms with van der Waals surface area (Å²) in [6, 6.07) is 53.8. The molecule has 12 heterocycles. The van der Waals surface area contributed by atoms with E-state index in [1.807, 2.05) is 113 Å². The highest BCUT2D eigenvalue weighted by molar-refractivity contribution is 6.35. The van der Waals surface area contributed by atoms with Gasteiger partial charge in [0.05, 0.1) is 89.8 Å². The first-order valence-corrected chi connectivity index (χ1v) is 47.8. The van der Waals surface area contributed by atoms with Gasteiger partial charge in [0.1, 0.15) is 140 Å². The fraction of sp³-hybridized carbons (Fsp3) is 0.216. The number of nitrogens with two attached hydrogens (primary N) is 4. The number of fused-ring (bicyclic) bond motifs is 4. The van der Waals surface area contributed by atoms with Crippen LogP contribution in [0.1, 0.15) is 186 Å². The van der Waals surface area contributed by atoms with E-state index in [-0.39, 0.29) is 79.8 Å². The van der Waals surface area contributed by atoms with Gasteiger partial charge in [-0.1, -0.05) is 155 Å². The lowest BCUT2D eigenvalue weighted by atomic mass is 10.1. The highest BCUT2D eigenvalue weighted by Crippen LogP contribution is 2.46. The van der Waals surface area contributed by atoms with Gasteiger partial charge in [-0.15, -0.1) is 0 Å². The van der Waals surface area contributed by atoms with E-state index in [1.165, 1.54) is 58.7 Å². The first kappa shape index (κ1) is 94.3. The van der Waals surface area contributed by atoms with Gasteiger partial charge < -0.3 is 62.3 Å². The summed E-state index contributed by atoms with van der Waals surface area (Å²) >= 11 is 12.8. The van der Waals surface area contributed by atoms with E-state index in [2.05, 4.69) is 107 Å². The molecule has 0 radical (unpaired) electrons. The number of rotatable bonds is 26. The maximum atomic E-state index is 14.7. The predicted octanol–water partition coefficient (Wildman–Crippen LogP) is 17.8. The van der Waals surface area contributed by atoms with E-state index in [0.717, 1.165) is 51.4 Å². The average molecular weight is 2000 g/mol. The largest absolute Gasteiger partial charge is 0.383 e. The second-order valence-corrected chi connectivity index (χ2v) is 35.9. The first-order valence-electron chi connectivity index (χ1n) is 47.0. The Morgan fingerprint density at radius 1 is 0.322 bits per heavy atom. The van der Waals surface area contributed by atoms with Gasteiger partial charge in [-0.3, -0.25) is 37.4 Å². The standard InChI is InChI=1S/C26H23ClN8O2.C26H23FN8O2.C25H21ClN8O2.C25H21FN8O2/c2*1-2-17(31-23-20(21(28)29-13-30-23)25-33-22(34-37-25)14-11-12-14)24-32-18-10-6-9-16(27)19(18)26(36)35(24)15-7-4-3-5-8-15;2*1-13(30-22-19(20(27)28-12-29-22)24-32-21(33-36-24)14-10-11-14)23-31-17-9-5-8-16(26)18(17)25(35)34(23)15-6-3-2-4-7-15/h2*3-10,13-14,17H,2,11-12H2,1H3,(H3,28,29,30,31);2*2-9,12-14H,10-11H2,1H3,(H3,27,28,29,30)/t2*17-;2*13-/m0000/s1. The number of nitrogens with one attached hydrogen (secondary N) is 4. The Bertz CT molecular complexity index is 8110. The van der Waals surface area contributed by atoms with Crippen molar-refractivity contribution < 1.29 is 26.9 Å². The third-order valence-corrected chi connectivity index (χ3v) is 25.6. The molecule has 4 atom stereocenters. The van der Waals surface area contributed by atoms with Crippen molar-refractivity contribution in [2.75, 3.05) is 44.2 Å². The quantitative estimate of drug-likeness (QED) is 0.0250. The summed E-state index contributed by atoms with van der Waals surface area (Å²) in [5.41, 5.74) is 28.8. The average Bonchev–Trinajstić information content (AvgIpc) is 1.29. The van der Waals surface area contributed by atoms with Gasteiger partial charge in [-0.05, 0) is 175 Å². The molecule has 0 amide bonds. The van der Waals surface area contributed by atoms with Crippen molar-refractivity contribution in [1.29, 1.82) is 0 Å². The molecule has 40 nitrogen and oxygen atoms in total. The third-order valence-electron chi connectivity index (χ3n) is 25.0. The van der Waals surface area contributed by atoms with Crippen molar-refractivity contribution in [3.8, 4) is 68.6 Å². The number of nitrogen functional groups attached to an aromatic ring is 4. The van der Waals surface area contributed by atoms with Crippen LogP contribution in [0.2, 0.25) is 10.0 Å². The molecule has 0 unspecified atom stereocenters. The Labute approximate surface area is 835 Å². The van der Waals surface area contributed by atoms with Crippen LogP contribution < -0.4 is 66.4 Å². The molecule has 0 bridgehead atoms. The maximum Gasteiger partial charge on any atom is 0.269 e. The molecular formula is C102H88Cl2F2N32O8. The monoisotopic (exact) mass is 2000 g/mol. The molecule has 4 aliphatic rings. The van der Waals surface area contributed by atoms with E-state index in [4.69, 9.17) is 79.2 Å². The molecule has 24 rings (SSSR count). The molecular weight excluding hydrogens is 1910 g/mol. The Kier molecular flexibility index (Phi) is 26.0. The summed E-state index contributed by atoms with van der Waals surface area (Å²) in [6.45, 7) is 7.63. The Morgan fingerprint density at radius 3 is 0.842 bits per heavy atom. The Balaban J connectivity index is 0.000000114. The summed E-state index contributed by atoms with van der Waals surface area (Å²) in [5, 5.41) is 30.9. The number of hydrogen-bond donors (Lipinski definition) is 8. The van der Waals surface area contributed by atoms with Crippen LogP contribution in [0, 0.1) is 11.6 Å². The van der Waals surface area contributed by atoms with Gasteiger partial charge in [-0.2, -0.15) is 19.9 Å².